The monoisotopic (exact) mass is 290 g/mol. The highest BCUT2D eigenvalue weighted by molar-refractivity contribution is 6.16. The lowest BCUT2D eigenvalue weighted by Crippen LogP contribution is -2.02. The summed E-state index contributed by atoms with van der Waals surface area (Å²) >= 11 is 0. The van der Waals surface area contributed by atoms with Crippen LogP contribution in [0, 0.1) is 0 Å². The SMILES string of the molecule is CC(=O)C=C(C(=Cc1ccccc1)C(C)=O)c1ccccc1. The third kappa shape index (κ3) is 4.13. The number of benzene rings is 2. The summed E-state index contributed by atoms with van der Waals surface area (Å²) in [7, 11) is 0. The topological polar surface area (TPSA) is 34.1 Å². The second-order valence-electron chi connectivity index (χ2n) is 5.06. The Morgan fingerprint density at radius 1 is 0.818 bits per heavy atom. The molecule has 2 aromatic rings. The Hall–Kier alpha value is -2.74. The Bertz CT molecular complexity index is 723. The van der Waals surface area contributed by atoms with Gasteiger partial charge in [-0.25, -0.2) is 0 Å². The van der Waals surface area contributed by atoms with E-state index in [0.717, 1.165) is 11.1 Å². The predicted molar refractivity (Wildman–Crippen MR) is 90.2 cm³/mol. The summed E-state index contributed by atoms with van der Waals surface area (Å²) in [4.78, 5) is 23.7. The van der Waals surface area contributed by atoms with Gasteiger partial charge in [0, 0.05) is 5.57 Å². The zero-order valence-electron chi connectivity index (χ0n) is 12.7. The van der Waals surface area contributed by atoms with Crippen LogP contribution >= 0.6 is 0 Å². The van der Waals surface area contributed by atoms with E-state index in [2.05, 4.69) is 0 Å². The molecule has 0 aromatic heterocycles. The van der Waals surface area contributed by atoms with Gasteiger partial charge in [-0.2, -0.15) is 0 Å². The molecule has 0 radical (unpaired) electrons. The third-order valence-electron chi connectivity index (χ3n) is 3.21. The molecule has 0 bridgehead atoms. The first-order valence-corrected chi connectivity index (χ1v) is 7.13. The van der Waals surface area contributed by atoms with Crippen LogP contribution < -0.4 is 0 Å². The van der Waals surface area contributed by atoms with E-state index in [1.165, 1.54) is 19.9 Å². The molecule has 0 saturated carbocycles. The lowest BCUT2D eigenvalue weighted by atomic mass is 9.92. The molecule has 0 aliphatic heterocycles. The maximum atomic E-state index is 12.1. The zero-order chi connectivity index (χ0) is 15.9. The van der Waals surface area contributed by atoms with Gasteiger partial charge in [0.15, 0.2) is 11.6 Å². The van der Waals surface area contributed by atoms with Crippen LogP contribution in [-0.2, 0) is 9.59 Å². The van der Waals surface area contributed by atoms with Crippen molar-refractivity contribution in [3.8, 4) is 0 Å². The van der Waals surface area contributed by atoms with Crippen molar-refractivity contribution in [2.45, 2.75) is 13.8 Å². The van der Waals surface area contributed by atoms with Gasteiger partial charge in [-0.3, -0.25) is 9.59 Å². The van der Waals surface area contributed by atoms with Gasteiger partial charge in [-0.1, -0.05) is 60.7 Å². The molecule has 0 saturated heterocycles. The lowest BCUT2D eigenvalue weighted by Gasteiger charge is -2.10. The molecule has 2 nitrogen and oxygen atoms in total. The number of carbonyl (C=O) groups excluding carboxylic acids is 2. The Morgan fingerprint density at radius 3 is 1.86 bits per heavy atom. The van der Waals surface area contributed by atoms with E-state index in [0.29, 0.717) is 11.1 Å². The number of Topliss-reactive ketones (excluding diaryl/α,β-unsaturated/α-hetero) is 1. The van der Waals surface area contributed by atoms with Crippen LogP contribution in [0.15, 0.2) is 72.3 Å². The van der Waals surface area contributed by atoms with Gasteiger partial charge in [0.05, 0.1) is 0 Å². The van der Waals surface area contributed by atoms with Gasteiger partial charge in [-0.05, 0) is 42.7 Å². The molecule has 110 valence electrons. The highest BCUT2D eigenvalue weighted by atomic mass is 16.1. The minimum atomic E-state index is -0.0842. The quantitative estimate of drug-likeness (QED) is 0.606. The van der Waals surface area contributed by atoms with E-state index in [9.17, 15) is 9.59 Å². The largest absolute Gasteiger partial charge is 0.295 e. The van der Waals surface area contributed by atoms with Gasteiger partial charge in [0.1, 0.15) is 0 Å². The van der Waals surface area contributed by atoms with Crippen molar-refractivity contribution >= 4 is 23.2 Å². The van der Waals surface area contributed by atoms with Crippen molar-refractivity contribution in [2.24, 2.45) is 0 Å². The summed E-state index contributed by atoms with van der Waals surface area (Å²) in [6, 6.07) is 19.1. The van der Waals surface area contributed by atoms with Crippen LogP contribution in [-0.4, -0.2) is 11.6 Å². The number of hydrogen-bond donors (Lipinski definition) is 0. The fourth-order valence-corrected chi connectivity index (χ4v) is 2.22. The molecule has 0 N–H and O–H groups in total. The minimum absolute atomic E-state index is 0.0693. The van der Waals surface area contributed by atoms with Gasteiger partial charge in [0.25, 0.3) is 0 Å². The molecule has 0 heterocycles. The molecule has 0 fully saturated rings. The summed E-state index contributed by atoms with van der Waals surface area (Å²) in [6.07, 6.45) is 3.34. The van der Waals surface area contributed by atoms with Crippen molar-refractivity contribution in [1.29, 1.82) is 0 Å². The molecule has 0 spiro atoms. The summed E-state index contributed by atoms with van der Waals surface area (Å²) in [5.74, 6) is -0.153. The molecule has 0 atom stereocenters. The molecular formula is C20H18O2. The zero-order valence-corrected chi connectivity index (χ0v) is 12.7. The van der Waals surface area contributed by atoms with Gasteiger partial charge in [-0.15, -0.1) is 0 Å². The molecule has 2 aromatic carbocycles. The maximum Gasteiger partial charge on any atom is 0.160 e. The number of ketones is 2. The predicted octanol–water partition coefficient (Wildman–Crippen LogP) is 4.33. The van der Waals surface area contributed by atoms with E-state index in [1.54, 1.807) is 0 Å². The Morgan fingerprint density at radius 2 is 1.36 bits per heavy atom. The van der Waals surface area contributed by atoms with Gasteiger partial charge < -0.3 is 0 Å². The fourth-order valence-electron chi connectivity index (χ4n) is 2.22. The van der Waals surface area contributed by atoms with Crippen LogP contribution in [0.2, 0.25) is 0 Å². The Kier molecular flexibility index (Phi) is 5.21. The highest BCUT2D eigenvalue weighted by Crippen LogP contribution is 2.26. The Labute approximate surface area is 130 Å². The second-order valence-corrected chi connectivity index (χ2v) is 5.06. The van der Waals surface area contributed by atoms with Gasteiger partial charge in [0.2, 0.25) is 0 Å². The van der Waals surface area contributed by atoms with E-state index in [-0.39, 0.29) is 11.6 Å². The molecular weight excluding hydrogens is 272 g/mol. The first-order chi connectivity index (χ1) is 10.6. The van der Waals surface area contributed by atoms with Crippen molar-refractivity contribution in [3.05, 3.63) is 83.4 Å². The molecule has 0 aliphatic carbocycles. The van der Waals surface area contributed by atoms with E-state index in [4.69, 9.17) is 0 Å². The molecule has 0 aliphatic rings. The maximum absolute atomic E-state index is 12.1. The van der Waals surface area contributed by atoms with Crippen molar-refractivity contribution < 1.29 is 9.59 Å². The number of allylic oxidation sites excluding steroid dienone is 3. The molecule has 2 heteroatoms. The van der Waals surface area contributed by atoms with Crippen LogP contribution in [0.25, 0.3) is 11.6 Å². The smallest absolute Gasteiger partial charge is 0.160 e. The standard InChI is InChI=1S/C20H18O2/c1-15(21)13-20(18-11-7-4-8-12-18)19(16(2)22)14-17-9-5-3-6-10-17/h3-14H,1-2H3. The fraction of sp³-hybridized carbons (Fsp3) is 0.100. The highest BCUT2D eigenvalue weighted by Gasteiger charge is 2.13. The van der Waals surface area contributed by atoms with Crippen LogP contribution in [0.4, 0.5) is 0 Å². The molecule has 2 rings (SSSR count). The van der Waals surface area contributed by atoms with Crippen molar-refractivity contribution in [2.75, 3.05) is 0 Å². The first-order valence-electron chi connectivity index (χ1n) is 7.13. The van der Waals surface area contributed by atoms with Crippen LogP contribution in [0.5, 0.6) is 0 Å². The number of carbonyl (C=O) groups is 2. The van der Waals surface area contributed by atoms with Crippen molar-refractivity contribution in [1.82, 2.24) is 0 Å². The molecule has 0 amide bonds. The molecule has 0 unspecified atom stereocenters. The lowest BCUT2D eigenvalue weighted by molar-refractivity contribution is -0.113. The third-order valence-corrected chi connectivity index (χ3v) is 3.21. The summed E-state index contributed by atoms with van der Waals surface area (Å²) in [5.41, 5.74) is 2.98. The van der Waals surface area contributed by atoms with Crippen LogP contribution in [0.3, 0.4) is 0 Å². The first kappa shape index (κ1) is 15.6. The van der Waals surface area contributed by atoms with E-state index >= 15 is 0 Å². The molecule has 22 heavy (non-hydrogen) atoms. The minimum Gasteiger partial charge on any atom is -0.295 e. The van der Waals surface area contributed by atoms with E-state index < -0.39 is 0 Å². The van der Waals surface area contributed by atoms with Gasteiger partial charge >= 0.3 is 0 Å². The van der Waals surface area contributed by atoms with Crippen molar-refractivity contribution in [3.63, 3.8) is 0 Å². The average molecular weight is 290 g/mol. The van der Waals surface area contributed by atoms with Crippen LogP contribution in [0.1, 0.15) is 25.0 Å². The number of rotatable bonds is 5. The summed E-state index contributed by atoms with van der Waals surface area (Å²) in [6.45, 7) is 3.01. The second kappa shape index (κ2) is 7.32. The van der Waals surface area contributed by atoms with E-state index in [1.807, 2.05) is 66.7 Å². The normalized spacial score (nSPS) is 12.1. The summed E-state index contributed by atoms with van der Waals surface area (Å²) in [5, 5.41) is 0. The number of hydrogen-bond acceptors (Lipinski definition) is 2. The summed E-state index contributed by atoms with van der Waals surface area (Å²) < 4.78 is 0. The average Bonchev–Trinajstić information content (AvgIpc) is 2.52. The Balaban J connectivity index is 2.59.